The van der Waals surface area contributed by atoms with Crippen LogP contribution in [-0.2, 0) is 4.79 Å². The first-order chi connectivity index (χ1) is 16.3. The van der Waals surface area contributed by atoms with E-state index in [4.69, 9.17) is 9.72 Å². The Kier molecular flexibility index (Phi) is 5.97. The standard InChI is InChI=1S/C25H24N6O2/c32-24(18-33-22-4-2-1-3-5-22)29-14-16-30(17-15-29)25-27-11-10-23(28-25)20-6-8-21(9-7-20)31-13-12-26-19-31/h1-13,19H,14-18H2. The summed E-state index contributed by atoms with van der Waals surface area (Å²) in [4.78, 5) is 29.8. The van der Waals surface area contributed by atoms with Gasteiger partial charge >= 0.3 is 0 Å². The van der Waals surface area contributed by atoms with E-state index in [-0.39, 0.29) is 12.5 Å². The molecule has 0 radical (unpaired) electrons. The van der Waals surface area contributed by atoms with Crippen molar-refractivity contribution < 1.29 is 9.53 Å². The number of nitrogens with zero attached hydrogens (tertiary/aromatic N) is 6. The van der Waals surface area contributed by atoms with Gasteiger partial charge in [-0.3, -0.25) is 4.79 Å². The van der Waals surface area contributed by atoms with E-state index in [2.05, 4.69) is 14.9 Å². The van der Waals surface area contributed by atoms with Gasteiger partial charge in [-0.15, -0.1) is 0 Å². The van der Waals surface area contributed by atoms with Gasteiger partial charge in [0.2, 0.25) is 5.95 Å². The number of para-hydroxylation sites is 1. The summed E-state index contributed by atoms with van der Waals surface area (Å²) in [5.41, 5.74) is 2.93. The van der Waals surface area contributed by atoms with Crippen molar-refractivity contribution in [3.63, 3.8) is 0 Å². The van der Waals surface area contributed by atoms with Gasteiger partial charge in [-0.05, 0) is 30.3 Å². The van der Waals surface area contributed by atoms with Crippen LogP contribution in [0.5, 0.6) is 5.75 Å². The molecule has 2 aromatic carbocycles. The molecule has 3 heterocycles. The summed E-state index contributed by atoms with van der Waals surface area (Å²) in [7, 11) is 0. The number of anilines is 1. The van der Waals surface area contributed by atoms with Crippen LogP contribution >= 0.6 is 0 Å². The first-order valence-corrected chi connectivity index (χ1v) is 10.9. The highest BCUT2D eigenvalue weighted by Crippen LogP contribution is 2.21. The molecule has 1 saturated heterocycles. The van der Waals surface area contributed by atoms with Gasteiger partial charge in [-0.2, -0.15) is 0 Å². The second-order valence-electron chi connectivity index (χ2n) is 7.73. The highest BCUT2D eigenvalue weighted by atomic mass is 16.5. The second kappa shape index (κ2) is 9.52. The molecule has 0 aliphatic carbocycles. The first-order valence-electron chi connectivity index (χ1n) is 10.9. The van der Waals surface area contributed by atoms with Crippen molar-refractivity contribution in [2.24, 2.45) is 0 Å². The molecule has 33 heavy (non-hydrogen) atoms. The van der Waals surface area contributed by atoms with Crippen molar-refractivity contribution in [1.82, 2.24) is 24.4 Å². The predicted octanol–water partition coefficient (Wildman–Crippen LogP) is 3.06. The fraction of sp³-hybridized carbons (Fsp3) is 0.200. The average molecular weight is 441 g/mol. The Balaban J connectivity index is 1.19. The molecule has 8 heteroatoms. The van der Waals surface area contributed by atoms with Crippen LogP contribution in [0.1, 0.15) is 0 Å². The number of ether oxygens (including phenoxy) is 1. The van der Waals surface area contributed by atoms with Crippen LogP contribution in [0.2, 0.25) is 0 Å². The Morgan fingerprint density at radius 2 is 1.70 bits per heavy atom. The zero-order chi connectivity index (χ0) is 22.5. The lowest BCUT2D eigenvalue weighted by molar-refractivity contribution is -0.133. The number of carbonyl (C=O) groups excluding carboxylic acids is 1. The van der Waals surface area contributed by atoms with Crippen LogP contribution in [-0.4, -0.2) is 63.1 Å². The molecule has 1 fully saturated rings. The molecule has 1 aliphatic heterocycles. The molecule has 0 bridgehead atoms. The summed E-state index contributed by atoms with van der Waals surface area (Å²) in [6.45, 7) is 2.64. The number of amides is 1. The Hall–Kier alpha value is -4.20. The summed E-state index contributed by atoms with van der Waals surface area (Å²) < 4.78 is 7.55. The van der Waals surface area contributed by atoms with Crippen molar-refractivity contribution in [3.05, 3.63) is 85.6 Å². The lowest BCUT2D eigenvalue weighted by Crippen LogP contribution is -2.50. The molecule has 0 unspecified atom stereocenters. The minimum absolute atomic E-state index is 0.00819. The monoisotopic (exact) mass is 440 g/mol. The van der Waals surface area contributed by atoms with Crippen molar-refractivity contribution in [2.75, 3.05) is 37.7 Å². The van der Waals surface area contributed by atoms with E-state index < -0.39 is 0 Å². The van der Waals surface area contributed by atoms with Gasteiger partial charge in [0.15, 0.2) is 6.61 Å². The van der Waals surface area contributed by atoms with Crippen molar-refractivity contribution in [3.8, 4) is 22.7 Å². The van der Waals surface area contributed by atoms with Gasteiger partial charge in [-0.1, -0.05) is 30.3 Å². The van der Waals surface area contributed by atoms with Crippen LogP contribution in [0.25, 0.3) is 16.9 Å². The first kappa shape index (κ1) is 20.7. The quantitative estimate of drug-likeness (QED) is 0.459. The van der Waals surface area contributed by atoms with E-state index in [1.807, 2.05) is 76.3 Å². The molecular formula is C25H24N6O2. The molecule has 1 amide bonds. The number of rotatable bonds is 6. The van der Waals surface area contributed by atoms with Crippen LogP contribution < -0.4 is 9.64 Å². The summed E-state index contributed by atoms with van der Waals surface area (Å²) in [6, 6.07) is 19.5. The Bertz CT molecular complexity index is 1190. The summed E-state index contributed by atoms with van der Waals surface area (Å²) in [5.74, 6) is 1.37. The van der Waals surface area contributed by atoms with Gasteiger partial charge in [-0.25, -0.2) is 15.0 Å². The number of carbonyl (C=O) groups is 1. The number of benzene rings is 2. The maximum atomic E-state index is 12.5. The minimum atomic E-state index is -0.00819. The third kappa shape index (κ3) is 4.85. The third-order valence-electron chi connectivity index (χ3n) is 5.63. The highest BCUT2D eigenvalue weighted by Gasteiger charge is 2.23. The van der Waals surface area contributed by atoms with Crippen LogP contribution in [0.4, 0.5) is 5.95 Å². The Morgan fingerprint density at radius 3 is 2.42 bits per heavy atom. The Labute approximate surface area is 192 Å². The lowest BCUT2D eigenvalue weighted by Gasteiger charge is -2.34. The van der Waals surface area contributed by atoms with E-state index in [9.17, 15) is 4.79 Å². The minimum Gasteiger partial charge on any atom is -0.484 e. The molecular weight excluding hydrogens is 416 g/mol. The average Bonchev–Trinajstić information content (AvgIpc) is 3.43. The van der Waals surface area contributed by atoms with Crippen molar-refractivity contribution in [2.45, 2.75) is 0 Å². The molecule has 4 aromatic rings. The molecule has 166 valence electrons. The lowest BCUT2D eigenvalue weighted by atomic mass is 10.1. The van der Waals surface area contributed by atoms with E-state index in [1.165, 1.54) is 0 Å². The smallest absolute Gasteiger partial charge is 0.260 e. The zero-order valence-corrected chi connectivity index (χ0v) is 18.1. The SMILES string of the molecule is O=C(COc1ccccc1)N1CCN(c2nccc(-c3ccc(-n4ccnc4)cc3)n2)CC1. The van der Waals surface area contributed by atoms with Crippen molar-refractivity contribution >= 4 is 11.9 Å². The third-order valence-corrected chi connectivity index (χ3v) is 5.63. The van der Waals surface area contributed by atoms with Gasteiger partial charge in [0.1, 0.15) is 5.75 Å². The number of aromatic nitrogens is 4. The van der Waals surface area contributed by atoms with Gasteiger partial charge in [0.25, 0.3) is 5.91 Å². The molecule has 8 nitrogen and oxygen atoms in total. The molecule has 1 aliphatic rings. The number of piperazine rings is 1. The molecule has 0 spiro atoms. The fourth-order valence-corrected chi connectivity index (χ4v) is 3.79. The molecule has 2 aromatic heterocycles. The van der Waals surface area contributed by atoms with E-state index >= 15 is 0 Å². The molecule has 0 saturated carbocycles. The van der Waals surface area contributed by atoms with Crippen LogP contribution in [0.3, 0.4) is 0 Å². The highest BCUT2D eigenvalue weighted by molar-refractivity contribution is 5.78. The van der Waals surface area contributed by atoms with E-state index in [0.29, 0.717) is 37.9 Å². The topological polar surface area (TPSA) is 76.4 Å². The van der Waals surface area contributed by atoms with Crippen LogP contribution in [0, 0.1) is 0 Å². The summed E-state index contributed by atoms with van der Waals surface area (Å²) in [5, 5.41) is 0. The van der Waals surface area contributed by atoms with E-state index in [0.717, 1.165) is 16.9 Å². The summed E-state index contributed by atoms with van der Waals surface area (Å²) in [6.07, 6.45) is 7.23. The van der Waals surface area contributed by atoms with Gasteiger partial charge in [0.05, 0.1) is 12.0 Å². The van der Waals surface area contributed by atoms with Crippen LogP contribution in [0.15, 0.2) is 85.6 Å². The molecule has 0 N–H and O–H groups in total. The number of imidazole rings is 1. The fourth-order valence-electron chi connectivity index (χ4n) is 3.79. The van der Waals surface area contributed by atoms with Gasteiger partial charge < -0.3 is 19.1 Å². The maximum Gasteiger partial charge on any atom is 0.260 e. The summed E-state index contributed by atoms with van der Waals surface area (Å²) >= 11 is 0. The normalized spacial score (nSPS) is 13.7. The Morgan fingerprint density at radius 1 is 0.909 bits per heavy atom. The zero-order valence-electron chi connectivity index (χ0n) is 18.1. The molecule has 0 atom stereocenters. The van der Waals surface area contributed by atoms with E-state index in [1.54, 1.807) is 18.7 Å². The largest absolute Gasteiger partial charge is 0.484 e. The molecule has 5 rings (SSSR count). The number of hydrogen-bond acceptors (Lipinski definition) is 6. The number of hydrogen-bond donors (Lipinski definition) is 0. The van der Waals surface area contributed by atoms with Gasteiger partial charge in [0, 0.05) is 56.0 Å². The second-order valence-corrected chi connectivity index (χ2v) is 7.73. The maximum absolute atomic E-state index is 12.5. The van der Waals surface area contributed by atoms with Crippen molar-refractivity contribution in [1.29, 1.82) is 0 Å². The predicted molar refractivity (Wildman–Crippen MR) is 125 cm³/mol.